The number of nitrogens with one attached hydrogen (secondary N) is 1. The first-order valence-electron chi connectivity index (χ1n) is 9.45. The van der Waals surface area contributed by atoms with Crippen LogP contribution in [0.15, 0.2) is 42.5 Å². The van der Waals surface area contributed by atoms with Gasteiger partial charge in [-0.3, -0.25) is 4.79 Å². The van der Waals surface area contributed by atoms with Gasteiger partial charge in [0.2, 0.25) is 0 Å². The summed E-state index contributed by atoms with van der Waals surface area (Å²) in [6, 6.07) is 11.3. The van der Waals surface area contributed by atoms with E-state index in [1.165, 1.54) is 12.1 Å². The molecular formula is C22H28FNO3. The van der Waals surface area contributed by atoms with Gasteiger partial charge in [-0.2, -0.15) is 0 Å². The van der Waals surface area contributed by atoms with E-state index in [0.717, 1.165) is 29.7 Å². The van der Waals surface area contributed by atoms with Crippen LogP contribution in [-0.4, -0.2) is 19.1 Å². The molecule has 0 saturated heterocycles. The van der Waals surface area contributed by atoms with Crippen LogP contribution >= 0.6 is 0 Å². The van der Waals surface area contributed by atoms with Crippen molar-refractivity contribution in [3.63, 3.8) is 0 Å². The summed E-state index contributed by atoms with van der Waals surface area (Å²) >= 11 is 0. The molecule has 2 aromatic rings. The maximum atomic E-state index is 13.1. The number of rotatable bonds is 10. The lowest BCUT2D eigenvalue weighted by molar-refractivity contribution is 0.0938. The van der Waals surface area contributed by atoms with E-state index in [0.29, 0.717) is 25.4 Å². The zero-order valence-electron chi connectivity index (χ0n) is 16.3. The van der Waals surface area contributed by atoms with E-state index >= 15 is 0 Å². The number of carbonyl (C=O) groups is 1. The fourth-order valence-electron chi connectivity index (χ4n) is 2.67. The van der Waals surface area contributed by atoms with Crippen LogP contribution in [-0.2, 0) is 11.3 Å². The van der Waals surface area contributed by atoms with Crippen molar-refractivity contribution in [2.24, 2.45) is 0 Å². The van der Waals surface area contributed by atoms with Crippen molar-refractivity contribution < 1.29 is 18.7 Å². The molecule has 0 fully saturated rings. The summed E-state index contributed by atoms with van der Waals surface area (Å²) in [7, 11) is 0. The highest BCUT2D eigenvalue weighted by Gasteiger charge is 2.14. The number of carbonyl (C=O) groups excluding carboxylic acids is 1. The maximum absolute atomic E-state index is 13.1. The molecule has 1 atom stereocenters. The molecule has 0 aliphatic carbocycles. The molecule has 0 aliphatic rings. The molecule has 1 amide bonds. The standard InChI is InChI=1S/C22H28FNO3/c1-4-6-13-26-15-19-14-18(9-12-21(19)27-5-2)22(25)24-16(3)17-7-10-20(23)11-8-17/h7-12,14,16H,4-6,13,15H2,1-3H3,(H,24,25)/t16-/m0/s1. The van der Waals surface area contributed by atoms with Crippen LogP contribution in [0.2, 0.25) is 0 Å². The van der Waals surface area contributed by atoms with E-state index in [2.05, 4.69) is 12.2 Å². The van der Waals surface area contributed by atoms with Crippen molar-refractivity contribution in [2.45, 2.75) is 46.3 Å². The minimum Gasteiger partial charge on any atom is -0.494 e. The van der Waals surface area contributed by atoms with Crippen LogP contribution < -0.4 is 10.1 Å². The Balaban J connectivity index is 2.08. The number of hydrogen-bond acceptors (Lipinski definition) is 3. The molecule has 4 nitrogen and oxygen atoms in total. The SMILES string of the molecule is CCCCOCc1cc(C(=O)N[C@@H](C)c2ccc(F)cc2)ccc1OCC. The second kappa shape index (κ2) is 10.7. The molecule has 0 unspecified atom stereocenters. The van der Waals surface area contributed by atoms with E-state index in [1.54, 1.807) is 24.3 Å². The Bertz CT molecular complexity index is 731. The largest absolute Gasteiger partial charge is 0.494 e. The number of unbranched alkanes of at least 4 members (excludes halogenated alkanes) is 1. The molecule has 5 heteroatoms. The normalized spacial score (nSPS) is 11.9. The van der Waals surface area contributed by atoms with Crippen molar-refractivity contribution >= 4 is 5.91 Å². The van der Waals surface area contributed by atoms with Gasteiger partial charge in [-0.15, -0.1) is 0 Å². The monoisotopic (exact) mass is 373 g/mol. The van der Waals surface area contributed by atoms with Gasteiger partial charge in [0, 0.05) is 17.7 Å². The predicted octanol–water partition coefficient (Wildman–Crippen LogP) is 5.03. The second-order valence-corrected chi connectivity index (χ2v) is 6.41. The Kier molecular flexibility index (Phi) is 8.27. The molecule has 0 aromatic heterocycles. The number of amides is 1. The molecular weight excluding hydrogens is 345 g/mol. The van der Waals surface area contributed by atoms with E-state index in [4.69, 9.17) is 9.47 Å². The summed E-state index contributed by atoms with van der Waals surface area (Å²) in [5, 5.41) is 2.94. The molecule has 0 bridgehead atoms. The summed E-state index contributed by atoms with van der Waals surface area (Å²) < 4.78 is 24.4. The number of halogens is 1. The molecule has 2 rings (SSSR count). The van der Waals surface area contributed by atoms with Crippen molar-refractivity contribution in [3.05, 3.63) is 65.0 Å². The van der Waals surface area contributed by atoms with Gasteiger partial charge >= 0.3 is 0 Å². The fourth-order valence-corrected chi connectivity index (χ4v) is 2.67. The highest BCUT2D eigenvalue weighted by atomic mass is 19.1. The lowest BCUT2D eigenvalue weighted by Crippen LogP contribution is -2.26. The molecule has 0 radical (unpaired) electrons. The number of ether oxygens (including phenoxy) is 2. The summed E-state index contributed by atoms with van der Waals surface area (Å²) in [4.78, 5) is 12.6. The second-order valence-electron chi connectivity index (χ2n) is 6.41. The minimum absolute atomic E-state index is 0.190. The summed E-state index contributed by atoms with van der Waals surface area (Å²) in [6.45, 7) is 7.54. The molecule has 146 valence electrons. The summed E-state index contributed by atoms with van der Waals surface area (Å²) in [5.41, 5.74) is 2.25. The van der Waals surface area contributed by atoms with Crippen molar-refractivity contribution in [3.8, 4) is 5.75 Å². The lowest BCUT2D eigenvalue weighted by Gasteiger charge is -2.16. The Morgan fingerprint density at radius 1 is 1.15 bits per heavy atom. The van der Waals surface area contributed by atoms with Gasteiger partial charge in [0.25, 0.3) is 5.91 Å². The fraction of sp³-hybridized carbons (Fsp3) is 0.409. The molecule has 0 aliphatic heterocycles. The lowest BCUT2D eigenvalue weighted by atomic mass is 10.1. The van der Waals surface area contributed by atoms with Crippen LogP contribution in [0.3, 0.4) is 0 Å². The van der Waals surface area contributed by atoms with Crippen molar-refractivity contribution in [1.29, 1.82) is 0 Å². The Morgan fingerprint density at radius 3 is 2.56 bits per heavy atom. The van der Waals surface area contributed by atoms with Gasteiger partial charge in [-0.05, 0) is 56.2 Å². The van der Waals surface area contributed by atoms with E-state index in [-0.39, 0.29) is 17.8 Å². The predicted molar refractivity (Wildman–Crippen MR) is 104 cm³/mol. The number of hydrogen-bond donors (Lipinski definition) is 1. The van der Waals surface area contributed by atoms with E-state index in [9.17, 15) is 9.18 Å². The molecule has 0 saturated carbocycles. The summed E-state index contributed by atoms with van der Waals surface area (Å²) in [5.74, 6) is 0.248. The van der Waals surface area contributed by atoms with Crippen LogP contribution in [0.5, 0.6) is 5.75 Å². The van der Waals surface area contributed by atoms with Crippen molar-refractivity contribution in [2.75, 3.05) is 13.2 Å². The topological polar surface area (TPSA) is 47.6 Å². The molecule has 0 spiro atoms. The molecule has 0 heterocycles. The van der Waals surface area contributed by atoms with Crippen LogP contribution in [0.25, 0.3) is 0 Å². The first kappa shape index (κ1) is 20.9. The third kappa shape index (κ3) is 6.36. The Labute approximate surface area is 160 Å². The van der Waals surface area contributed by atoms with E-state index < -0.39 is 0 Å². The quantitative estimate of drug-likeness (QED) is 0.594. The van der Waals surface area contributed by atoms with E-state index in [1.807, 2.05) is 19.9 Å². The van der Waals surface area contributed by atoms with Gasteiger partial charge in [0.05, 0.1) is 19.3 Å². The summed E-state index contributed by atoms with van der Waals surface area (Å²) in [6.07, 6.45) is 2.07. The smallest absolute Gasteiger partial charge is 0.251 e. The van der Waals surface area contributed by atoms with Gasteiger partial charge in [-0.25, -0.2) is 4.39 Å². The Morgan fingerprint density at radius 2 is 1.89 bits per heavy atom. The Hall–Kier alpha value is -2.40. The van der Waals surface area contributed by atoms with Gasteiger partial charge < -0.3 is 14.8 Å². The molecule has 2 aromatic carbocycles. The molecule has 27 heavy (non-hydrogen) atoms. The van der Waals surface area contributed by atoms with Gasteiger partial charge in [0.15, 0.2) is 0 Å². The van der Waals surface area contributed by atoms with Crippen LogP contribution in [0.1, 0.15) is 61.1 Å². The average Bonchev–Trinajstić information content (AvgIpc) is 2.67. The highest BCUT2D eigenvalue weighted by molar-refractivity contribution is 5.94. The first-order valence-corrected chi connectivity index (χ1v) is 9.45. The zero-order valence-corrected chi connectivity index (χ0v) is 16.3. The van der Waals surface area contributed by atoms with Crippen molar-refractivity contribution in [1.82, 2.24) is 5.32 Å². The van der Waals surface area contributed by atoms with Crippen LogP contribution in [0, 0.1) is 5.82 Å². The maximum Gasteiger partial charge on any atom is 0.251 e. The average molecular weight is 373 g/mol. The first-order chi connectivity index (χ1) is 13.0. The zero-order chi connectivity index (χ0) is 19.6. The van der Waals surface area contributed by atoms with Crippen LogP contribution in [0.4, 0.5) is 4.39 Å². The third-order valence-electron chi connectivity index (χ3n) is 4.24. The third-order valence-corrected chi connectivity index (χ3v) is 4.24. The molecule has 1 N–H and O–H groups in total. The van der Waals surface area contributed by atoms with Gasteiger partial charge in [-0.1, -0.05) is 25.5 Å². The highest BCUT2D eigenvalue weighted by Crippen LogP contribution is 2.22. The van der Waals surface area contributed by atoms with Gasteiger partial charge in [0.1, 0.15) is 11.6 Å². The number of benzene rings is 2. The minimum atomic E-state index is -0.295.